The molecule has 0 rings (SSSR count). The monoisotopic (exact) mass is 870 g/mol. The Hall–Kier alpha value is -0.217. The maximum atomic E-state index is 11.8. The summed E-state index contributed by atoms with van der Waals surface area (Å²) in [5.74, 6) is -6.78. The summed E-state index contributed by atoms with van der Waals surface area (Å²) in [7, 11) is 0. The number of rotatable bonds is 26. The number of amides is 4. The summed E-state index contributed by atoms with van der Waals surface area (Å²) in [6, 6.07) is -2.65. The fourth-order valence-corrected chi connectivity index (χ4v) is 5.44. The van der Waals surface area contributed by atoms with Crippen LogP contribution in [0.1, 0.15) is 79.9 Å². The van der Waals surface area contributed by atoms with Crippen molar-refractivity contribution < 1.29 is 140 Å². The number of carboxylic acids is 4. The number of hydrogen-bond donors (Lipinski definition) is 10. The van der Waals surface area contributed by atoms with Crippen molar-refractivity contribution in [1.82, 2.24) is 21.3 Å². The second kappa shape index (κ2) is 38.1. The maximum Gasteiger partial charge on any atom is 2.00 e. The second-order valence-electron chi connectivity index (χ2n) is 10.4. The maximum absolute atomic E-state index is 11.8. The SMILES string of the molecule is O=C([O-])CNC(=O)[C@H](CC(=O)O)NC(=O)CCCCC(S)CCS.O=C([O-])CNC(=O)[C@H](CC(=O)O)NC(=O)CCCCC(S)CCS.[H-].[H-].[Na+].[Na+].[Zn+2]. The molecule has 0 aliphatic carbocycles. The van der Waals surface area contributed by atoms with Crippen LogP contribution < -0.4 is 90.6 Å². The Labute approximate surface area is 380 Å². The number of carbonyl (C=O) groups is 8. The number of carbonyl (C=O) groups excluding carboxylic acids is 6. The van der Waals surface area contributed by atoms with Gasteiger partial charge in [-0.05, 0) is 50.0 Å². The van der Waals surface area contributed by atoms with Crippen molar-refractivity contribution >= 4 is 98.0 Å². The van der Waals surface area contributed by atoms with Crippen molar-refractivity contribution in [3.63, 3.8) is 0 Å². The van der Waals surface area contributed by atoms with E-state index < -0.39 is 85.5 Å². The Morgan fingerprint density at radius 3 is 1.16 bits per heavy atom. The topological polar surface area (TPSA) is 271 Å². The van der Waals surface area contributed by atoms with Gasteiger partial charge in [-0.15, -0.1) is 0 Å². The average Bonchev–Trinajstić information content (AvgIpc) is 2.98. The summed E-state index contributed by atoms with van der Waals surface area (Å²) in [4.78, 5) is 89.2. The molecule has 16 nitrogen and oxygen atoms in total. The van der Waals surface area contributed by atoms with Gasteiger partial charge < -0.3 is 54.1 Å². The number of nitrogens with one attached hydrogen (secondary N) is 4. The summed E-state index contributed by atoms with van der Waals surface area (Å²) in [5, 5.41) is 47.2. The zero-order valence-corrected chi connectivity index (χ0v) is 39.6. The van der Waals surface area contributed by atoms with Gasteiger partial charge in [-0.25, -0.2) is 0 Å². The van der Waals surface area contributed by atoms with E-state index in [0.717, 1.165) is 50.0 Å². The minimum atomic E-state index is -1.51. The molecular weight excluding hydrogens is 824 g/mol. The van der Waals surface area contributed by atoms with Gasteiger partial charge in [0.1, 0.15) is 12.1 Å². The predicted octanol–water partition coefficient (Wildman–Crippen LogP) is -7.79. The molecule has 280 valence electrons. The van der Waals surface area contributed by atoms with Gasteiger partial charge in [-0.1, -0.05) is 12.8 Å². The number of thiol groups is 4. The molecule has 0 fully saturated rings. The minimum Gasteiger partial charge on any atom is -1.00 e. The zero-order valence-electron chi connectivity index (χ0n) is 31.1. The van der Waals surface area contributed by atoms with Gasteiger partial charge >= 0.3 is 90.5 Å². The van der Waals surface area contributed by atoms with Crippen LogP contribution in [0, 0.1) is 0 Å². The fourth-order valence-electron chi connectivity index (χ4n) is 3.78. The van der Waals surface area contributed by atoms with E-state index in [1.807, 2.05) is 10.6 Å². The first-order valence-electron chi connectivity index (χ1n) is 15.1. The molecule has 0 bridgehead atoms. The molecule has 0 radical (unpaired) electrons. The van der Waals surface area contributed by atoms with Crippen LogP contribution >= 0.6 is 50.5 Å². The normalized spacial score (nSPS) is 12.2. The second-order valence-corrected chi connectivity index (χ2v) is 12.8. The largest absolute Gasteiger partial charge is 2.00 e. The Morgan fingerprint density at radius 2 is 0.902 bits per heavy atom. The molecule has 0 heterocycles. The van der Waals surface area contributed by atoms with Gasteiger partial charge in [-0.2, -0.15) is 50.5 Å². The molecule has 6 N–H and O–H groups in total. The summed E-state index contributed by atoms with van der Waals surface area (Å²) in [6.07, 6.45) is 5.14. The van der Waals surface area contributed by atoms with E-state index in [1.165, 1.54) is 0 Å². The van der Waals surface area contributed by atoms with Crippen molar-refractivity contribution in [2.75, 3.05) is 24.6 Å². The van der Waals surface area contributed by atoms with Crippen LogP contribution in [0.5, 0.6) is 0 Å². The van der Waals surface area contributed by atoms with Crippen LogP contribution in [-0.2, 0) is 57.8 Å². The van der Waals surface area contributed by atoms with Gasteiger partial charge in [0.2, 0.25) is 23.6 Å². The Kier molecular flexibility index (Phi) is 44.8. The fraction of sp³-hybridized carbons (Fsp3) is 0.714. The molecule has 4 amide bonds. The standard InChI is InChI=1S/2C14H24N2O6S2.2Na.Zn.2H/c2*17-11(4-2-1-3-9(24)5-6-23)16-10(7-12(18)19)14(22)15-8-13(20)21;;;;;/h2*9-10,23-24H,1-8H2,(H,15,22)(H,16,17)(H,18,19)(H,20,21);;;;;/q;;2*+1;+2;2*-1/p-2/t2*9?,10-;;;;;/m00...../s1. The van der Waals surface area contributed by atoms with Crippen molar-refractivity contribution in [1.29, 1.82) is 0 Å². The summed E-state index contributed by atoms with van der Waals surface area (Å²) >= 11 is 17.0. The van der Waals surface area contributed by atoms with E-state index in [4.69, 9.17) is 10.2 Å². The van der Waals surface area contributed by atoms with Crippen molar-refractivity contribution in [3.05, 3.63) is 0 Å². The van der Waals surface area contributed by atoms with Crippen LogP contribution in [0.2, 0.25) is 0 Å². The van der Waals surface area contributed by atoms with Crippen LogP contribution in [0.3, 0.4) is 0 Å². The van der Waals surface area contributed by atoms with Crippen LogP contribution in [0.15, 0.2) is 0 Å². The quantitative estimate of drug-likeness (QED) is 0.0221. The predicted molar refractivity (Wildman–Crippen MR) is 186 cm³/mol. The molecule has 0 aliphatic rings. The van der Waals surface area contributed by atoms with Crippen LogP contribution in [0.4, 0.5) is 0 Å². The van der Waals surface area contributed by atoms with E-state index in [1.54, 1.807) is 0 Å². The van der Waals surface area contributed by atoms with Gasteiger partial charge in [0.05, 0.1) is 37.9 Å². The molecule has 0 aliphatic heterocycles. The van der Waals surface area contributed by atoms with E-state index in [9.17, 15) is 48.6 Å². The molecule has 2 unspecified atom stereocenters. The summed E-state index contributed by atoms with van der Waals surface area (Å²) in [6.45, 7) is -1.50. The first-order valence-corrected chi connectivity index (χ1v) is 17.4. The first kappa shape index (κ1) is 60.0. The Morgan fingerprint density at radius 1 is 0.588 bits per heavy atom. The summed E-state index contributed by atoms with van der Waals surface area (Å²) in [5.41, 5.74) is 0. The van der Waals surface area contributed by atoms with Crippen LogP contribution in [-0.4, -0.2) is 105 Å². The average molecular weight is 872 g/mol. The third kappa shape index (κ3) is 39.3. The molecule has 0 aromatic carbocycles. The molecule has 0 saturated carbocycles. The molecule has 23 heteroatoms. The first-order chi connectivity index (χ1) is 22.5. The summed E-state index contributed by atoms with van der Waals surface area (Å²) < 4.78 is 0. The molecular formula is C28H48N4Na2O12S4Zn. The number of aliphatic carboxylic acids is 4. The zero-order chi connectivity index (χ0) is 37.1. The molecule has 0 saturated heterocycles. The van der Waals surface area contributed by atoms with Crippen molar-refractivity contribution in [3.8, 4) is 0 Å². The van der Waals surface area contributed by atoms with Gasteiger partial charge in [0.25, 0.3) is 0 Å². The smallest absolute Gasteiger partial charge is 1.00 e. The van der Waals surface area contributed by atoms with Crippen molar-refractivity contribution in [2.24, 2.45) is 0 Å². The molecule has 51 heavy (non-hydrogen) atoms. The molecule has 0 aromatic heterocycles. The Balaban J connectivity index is -0.000000146. The van der Waals surface area contributed by atoms with E-state index in [-0.39, 0.29) is 105 Å². The van der Waals surface area contributed by atoms with E-state index in [2.05, 4.69) is 61.1 Å². The van der Waals surface area contributed by atoms with E-state index in [0.29, 0.717) is 12.8 Å². The number of carboxylic acid groups (broad SMARTS) is 4. The van der Waals surface area contributed by atoms with Crippen LogP contribution in [0.25, 0.3) is 0 Å². The number of hydrogen-bond acceptors (Lipinski definition) is 14. The number of unbranched alkanes of at least 4 members (excludes halogenated alkanes) is 2. The molecule has 4 atom stereocenters. The third-order valence-electron chi connectivity index (χ3n) is 6.18. The third-order valence-corrected chi connectivity index (χ3v) is 7.73. The van der Waals surface area contributed by atoms with Gasteiger partial charge in [-0.3, -0.25) is 28.8 Å². The minimum absolute atomic E-state index is 0. The molecule has 0 spiro atoms. The van der Waals surface area contributed by atoms with Gasteiger partial charge in [0, 0.05) is 23.3 Å². The van der Waals surface area contributed by atoms with Gasteiger partial charge in [0.15, 0.2) is 0 Å². The Bertz CT molecular complexity index is 1010. The molecule has 0 aromatic rings. The van der Waals surface area contributed by atoms with Crippen molar-refractivity contribution in [2.45, 2.75) is 99.6 Å². The van der Waals surface area contributed by atoms with E-state index >= 15 is 0 Å².